The molecule has 0 fully saturated rings. The number of carbonyl (C=O) groups excluding carboxylic acids is 3. The van der Waals surface area contributed by atoms with Gasteiger partial charge in [0.2, 0.25) is 0 Å². The van der Waals surface area contributed by atoms with Crippen molar-refractivity contribution in [1.82, 2.24) is 5.32 Å². The Morgan fingerprint density at radius 3 is 2.27 bits per heavy atom. The Bertz CT molecular complexity index is 539. The van der Waals surface area contributed by atoms with E-state index in [1.54, 1.807) is 38.1 Å². The highest BCUT2D eigenvalue weighted by Gasteiger charge is 2.10. The van der Waals surface area contributed by atoms with Crippen LogP contribution in [-0.4, -0.2) is 37.1 Å². The Labute approximate surface area is 129 Å². The molecular weight excluding hydrogens is 286 g/mol. The fourth-order valence-corrected chi connectivity index (χ4v) is 1.52. The number of benzene rings is 1. The predicted octanol–water partition coefficient (Wildman–Crippen LogP) is 1.47. The van der Waals surface area contributed by atoms with Gasteiger partial charge in [0.1, 0.15) is 6.61 Å². The molecule has 0 aliphatic rings. The number of nitrogens with one attached hydrogen (secondary N) is 1. The van der Waals surface area contributed by atoms with Crippen molar-refractivity contribution in [3.63, 3.8) is 0 Å². The van der Waals surface area contributed by atoms with E-state index in [1.165, 1.54) is 0 Å². The highest BCUT2D eigenvalue weighted by atomic mass is 16.5. The number of rotatable bonds is 7. The van der Waals surface area contributed by atoms with Gasteiger partial charge in [0.05, 0.1) is 12.6 Å². The molecule has 0 aromatic heterocycles. The third kappa shape index (κ3) is 6.69. The van der Waals surface area contributed by atoms with E-state index in [2.05, 4.69) is 10.1 Å². The minimum atomic E-state index is -0.672. The minimum absolute atomic E-state index is 0.00454. The molecule has 0 radical (unpaired) electrons. The molecule has 1 amide bonds. The van der Waals surface area contributed by atoms with Crippen LogP contribution in [0.1, 0.15) is 24.2 Å². The van der Waals surface area contributed by atoms with Gasteiger partial charge in [-0.2, -0.15) is 0 Å². The molecule has 0 saturated carbocycles. The van der Waals surface area contributed by atoms with E-state index in [0.29, 0.717) is 5.56 Å². The lowest BCUT2D eigenvalue weighted by Crippen LogP contribution is -2.36. The van der Waals surface area contributed by atoms with Gasteiger partial charge in [-0.15, -0.1) is 0 Å². The molecule has 0 heterocycles. The number of esters is 2. The molecule has 0 aliphatic carbocycles. The van der Waals surface area contributed by atoms with Crippen molar-refractivity contribution in [2.75, 3.05) is 13.2 Å². The van der Waals surface area contributed by atoms with Crippen LogP contribution in [0.2, 0.25) is 0 Å². The molecule has 1 N–H and O–H groups in total. The monoisotopic (exact) mass is 305 g/mol. The first kappa shape index (κ1) is 17.4. The maximum Gasteiger partial charge on any atom is 0.331 e. The lowest BCUT2D eigenvalue weighted by Gasteiger charge is -2.13. The Morgan fingerprint density at radius 1 is 1.09 bits per heavy atom. The number of hydrogen-bond acceptors (Lipinski definition) is 5. The fraction of sp³-hybridized carbons (Fsp3) is 0.312. The standard InChI is InChI=1S/C16H19NO5/c1-3-21-14(18)9-10-15(19)22-11-12(2)17-16(20)13-7-5-4-6-8-13/h4-10,12H,3,11H2,1-2H3,(H,17,20)/b10-9+/t12-/m1/s1. The quantitative estimate of drug-likeness (QED) is 0.609. The molecule has 0 bridgehead atoms. The molecule has 0 saturated heterocycles. The van der Waals surface area contributed by atoms with Crippen molar-refractivity contribution < 1.29 is 23.9 Å². The topological polar surface area (TPSA) is 81.7 Å². The van der Waals surface area contributed by atoms with Crippen molar-refractivity contribution >= 4 is 17.8 Å². The van der Waals surface area contributed by atoms with Crippen LogP contribution in [0, 0.1) is 0 Å². The van der Waals surface area contributed by atoms with E-state index < -0.39 is 11.9 Å². The van der Waals surface area contributed by atoms with Crippen LogP contribution in [-0.2, 0) is 19.1 Å². The molecule has 22 heavy (non-hydrogen) atoms. The van der Waals surface area contributed by atoms with Gasteiger partial charge in [-0.1, -0.05) is 18.2 Å². The zero-order chi connectivity index (χ0) is 16.4. The van der Waals surface area contributed by atoms with E-state index in [0.717, 1.165) is 12.2 Å². The predicted molar refractivity (Wildman–Crippen MR) is 80.1 cm³/mol. The molecule has 1 rings (SSSR count). The highest BCUT2D eigenvalue weighted by Crippen LogP contribution is 1.99. The molecule has 6 heteroatoms. The second kappa shape index (κ2) is 9.33. The lowest BCUT2D eigenvalue weighted by molar-refractivity contribution is -0.140. The van der Waals surface area contributed by atoms with E-state index in [1.807, 2.05) is 6.07 Å². The van der Waals surface area contributed by atoms with E-state index >= 15 is 0 Å². The van der Waals surface area contributed by atoms with Crippen LogP contribution in [0.15, 0.2) is 42.5 Å². The summed E-state index contributed by atoms with van der Waals surface area (Å²) in [6.07, 6.45) is 1.99. The maximum absolute atomic E-state index is 11.9. The summed E-state index contributed by atoms with van der Waals surface area (Å²) in [6.45, 7) is 3.62. The van der Waals surface area contributed by atoms with Gasteiger partial charge in [-0.25, -0.2) is 9.59 Å². The van der Waals surface area contributed by atoms with Gasteiger partial charge in [-0.3, -0.25) is 4.79 Å². The van der Waals surface area contributed by atoms with Gasteiger partial charge < -0.3 is 14.8 Å². The van der Waals surface area contributed by atoms with Crippen LogP contribution < -0.4 is 5.32 Å². The molecule has 0 aliphatic heterocycles. The summed E-state index contributed by atoms with van der Waals surface area (Å²) in [5.41, 5.74) is 0.530. The van der Waals surface area contributed by atoms with Gasteiger partial charge in [0.15, 0.2) is 0 Å². The van der Waals surface area contributed by atoms with Crippen LogP contribution in [0.25, 0.3) is 0 Å². The Kier molecular flexibility index (Phi) is 7.39. The van der Waals surface area contributed by atoms with E-state index in [9.17, 15) is 14.4 Å². The third-order valence-corrected chi connectivity index (χ3v) is 2.53. The van der Waals surface area contributed by atoms with Gasteiger partial charge in [0.25, 0.3) is 5.91 Å². The molecular formula is C16H19NO5. The summed E-state index contributed by atoms with van der Waals surface area (Å²) >= 11 is 0. The van der Waals surface area contributed by atoms with Crippen molar-refractivity contribution in [3.8, 4) is 0 Å². The average Bonchev–Trinajstić information content (AvgIpc) is 2.52. The zero-order valence-corrected chi connectivity index (χ0v) is 12.6. The second-order valence-corrected chi connectivity index (χ2v) is 4.46. The Hall–Kier alpha value is -2.63. The normalized spacial score (nSPS) is 11.7. The maximum atomic E-state index is 11.9. The summed E-state index contributed by atoms with van der Waals surface area (Å²) in [4.78, 5) is 34.3. The Morgan fingerprint density at radius 2 is 1.68 bits per heavy atom. The van der Waals surface area contributed by atoms with Gasteiger partial charge in [0, 0.05) is 17.7 Å². The van der Waals surface area contributed by atoms with Crippen LogP contribution >= 0.6 is 0 Å². The number of hydrogen-bond donors (Lipinski definition) is 1. The second-order valence-electron chi connectivity index (χ2n) is 4.46. The number of ether oxygens (including phenoxy) is 2. The first-order valence-corrected chi connectivity index (χ1v) is 6.90. The molecule has 118 valence electrons. The van der Waals surface area contributed by atoms with E-state index in [-0.39, 0.29) is 25.2 Å². The lowest BCUT2D eigenvalue weighted by atomic mass is 10.2. The molecule has 0 unspecified atom stereocenters. The first-order chi connectivity index (χ1) is 10.5. The summed E-state index contributed by atoms with van der Waals surface area (Å²) in [5, 5.41) is 2.70. The van der Waals surface area contributed by atoms with Gasteiger partial charge in [-0.05, 0) is 26.0 Å². The van der Waals surface area contributed by atoms with Crippen LogP contribution in [0.4, 0.5) is 0 Å². The zero-order valence-electron chi connectivity index (χ0n) is 12.6. The molecule has 1 aromatic rings. The molecule has 1 aromatic carbocycles. The molecule has 1 atom stereocenters. The fourth-order valence-electron chi connectivity index (χ4n) is 1.52. The average molecular weight is 305 g/mol. The van der Waals surface area contributed by atoms with Crippen molar-refractivity contribution in [1.29, 1.82) is 0 Å². The Balaban J connectivity index is 2.34. The van der Waals surface area contributed by atoms with Crippen molar-refractivity contribution in [3.05, 3.63) is 48.0 Å². The molecule has 6 nitrogen and oxygen atoms in total. The highest BCUT2D eigenvalue weighted by molar-refractivity contribution is 5.94. The summed E-state index contributed by atoms with van der Waals surface area (Å²) in [7, 11) is 0. The number of amides is 1. The molecule has 0 spiro atoms. The summed E-state index contributed by atoms with van der Waals surface area (Å²) < 4.78 is 9.55. The summed E-state index contributed by atoms with van der Waals surface area (Å²) in [6, 6.07) is 8.37. The largest absolute Gasteiger partial charge is 0.463 e. The van der Waals surface area contributed by atoms with Gasteiger partial charge >= 0.3 is 11.9 Å². The number of carbonyl (C=O) groups is 3. The minimum Gasteiger partial charge on any atom is -0.463 e. The van der Waals surface area contributed by atoms with E-state index in [4.69, 9.17) is 4.74 Å². The SMILES string of the molecule is CCOC(=O)/C=C/C(=O)OC[C@@H](C)NC(=O)c1ccccc1. The smallest absolute Gasteiger partial charge is 0.331 e. The summed E-state index contributed by atoms with van der Waals surface area (Å²) in [5.74, 6) is -1.52. The third-order valence-electron chi connectivity index (χ3n) is 2.53. The van der Waals surface area contributed by atoms with Crippen molar-refractivity contribution in [2.24, 2.45) is 0 Å². The van der Waals surface area contributed by atoms with Crippen LogP contribution in [0.3, 0.4) is 0 Å². The van der Waals surface area contributed by atoms with Crippen LogP contribution in [0.5, 0.6) is 0 Å². The first-order valence-electron chi connectivity index (χ1n) is 6.90. The van der Waals surface area contributed by atoms with Crippen molar-refractivity contribution in [2.45, 2.75) is 19.9 Å².